The van der Waals surface area contributed by atoms with E-state index in [4.69, 9.17) is 4.74 Å². The molecule has 1 saturated heterocycles. The number of sulfonamides is 1. The lowest BCUT2D eigenvalue weighted by Crippen LogP contribution is -2.48. The number of aryl methyl sites for hydroxylation is 1. The van der Waals surface area contributed by atoms with Crippen LogP contribution >= 0.6 is 0 Å². The van der Waals surface area contributed by atoms with Crippen molar-refractivity contribution in [3.05, 3.63) is 42.4 Å². The maximum absolute atomic E-state index is 13.0. The SMILES string of the molecule is COc1ccccc1C1CNCCN1S(=O)(=O)c1cn(C)cn1. The van der Waals surface area contributed by atoms with Crippen molar-refractivity contribution in [2.24, 2.45) is 7.05 Å². The van der Waals surface area contributed by atoms with Crippen LogP contribution in [0.5, 0.6) is 5.75 Å². The smallest absolute Gasteiger partial charge is 0.262 e. The van der Waals surface area contributed by atoms with Gasteiger partial charge in [-0.05, 0) is 6.07 Å². The Labute approximate surface area is 135 Å². The first-order valence-corrected chi connectivity index (χ1v) is 8.81. The van der Waals surface area contributed by atoms with Crippen LogP contribution in [-0.4, -0.2) is 49.0 Å². The first-order chi connectivity index (χ1) is 11.0. The third kappa shape index (κ3) is 2.97. The van der Waals surface area contributed by atoms with Gasteiger partial charge in [0.1, 0.15) is 5.75 Å². The summed E-state index contributed by atoms with van der Waals surface area (Å²) >= 11 is 0. The van der Waals surface area contributed by atoms with E-state index in [1.54, 1.807) is 18.7 Å². The predicted molar refractivity (Wildman–Crippen MR) is 85.7 cm³/mol. The van der Waals surface area contributed by atoms with Crippen LogP contribution < -0.4 is 10.1 Å². The summed E-state index contributed by atoms with van der Waals surface area (Å²) in [5, 5.41) is 3.33. The molecule has 0 spiro atoms. The number of aromatic nitrogens is 2. The summed E-state index contributed by atoms with van der Waals surface area (Å²) < 4.78 is 34.5. The monoisotopic (exact) mass is 336 g/mol. The van der Waals surface area contributed by atoms with Crippen molar-refractivity contribution in [2.75, 3.05) is 26.7 Å². The first-order valence-electron chi connectivity index (χ1n) is 7.37. The summed E-state index contributed by atoms with van der Waals surface area (Å²) in [6, 6.07) is 7.17. The molecule has 1 unspecified atom stereocenters. The van der Waals surface area contributed by atoms with Gasteiger partial charge in [0.15, 0.2) is 5.03 Å². The van der Waals surface area contributed by atoms with Crippen molar-refractivity contribution >= 4 is 10.0 Å². The van der Waals surface area contributed by atoms with Gasteiger partial charge in [-0.3, -0.25) is 0 Å². The Kier molecular flexibility index (Phi) is 4.38. The molecule has 1 N–H and O–H groups in total. The van der Waals surface area contributed by atoms with Crippen molar-refractivity contribution in [1.82, 2.24) is 19.2 Å². The topological polar surface area (TPSA) is 76.5 Å². The molecule has 0 bridgehead atoms. The van der Waals surface area contributed by atoms with Crippen LogP contribution in [0.3, 0.4) is 0 Å². The third-order valence-electron chi connectivity index (χ3n) is 3.95. The number of hydrogen-bond acceptors (Lipinski definition) is 5. The highest BCUT2D eigenvalue weighted by atomic mass is 32.2. The van der Waals surface area contributed by atoms with Crippen molar-refractivity contribution in [1.29, 1.82) is 0 Å². The number of nitrogens with one attached hydrogen (secondary N) is 1. The molecule has 1 atom stereocenters. The fourth-order valence-corrected chi connectivity index (χ4v) is 4.40. The van der Waals surface area contributed by atoms with E-state index < -0.39 is 10.0 Å². The Morgan fingerprint density at radius 2 is 2.13 bits per heavy atom. The maximum Gasteiger partial charge on any atom is 0.262 e. The van der Waals surface area contributed by atoms with Crippen molar-refractivity contribution < 1.29 is 13.2 Å². The van der Waals surface area contributed by atoms with Crippen LogP contribution in [0.15, 0.2) is 41.8 Å². The fraction of sp³-hybridized carbons (Fsp3) is 0.400. The zero-order valence-corrected chi connectivity index (χ0v) is 14.0. The van der Waals surface area contributed by atoms with Crippen LogP contribution in [-0.2, 0) is 17.1 Å². The molecule has 1 aromatic heterocycles. The highest BCUT2D eigenvalue weighted by Gasteiger charge is 2.36. The zero-order chi connectivity index (χ0) is 16.4. The van der Waals surface area contributed by atoms with Crippen molar-refractivity contribution in [3.8, 4) is 5.75 Å². The molecular weight excluding hydrogens is 316 g/mol. The summed E-state index contributed by atoms with van der Waals surface area (Å²) in [4.78, 5) is 4.02. The lowest BCUT2D eigenvalue weighted by atomic mass is 10.0. The number of piperazine rings is 1. The maximum atomic E-state index is 13.0. The molecular formula is C15H20N4O3S. The average molecular weight is 336 g/mol. The average Bonchev–Trinajstić information content (AvgIpc) is 3.02. The molecule has 1 aliphatic rings. The molecule has 7 nitrogen and oxygen atoms in total. The molecule has 0 radical (unpaired) electrons. The Hall–Kier alpha value is -1.90. The molecule has 2 aromatic rings. The molecule has 1 aromatic carbocycles. The van der Waals surface area contributed by atoms with Crippen LogP contribution in [0, 0.1) is 0 Å². The Morgan fingerprint density at radius 1 is 1.35 bits per heavy atom. The van der Waals surface area contributed by atoms with E-state index in [2.05, 4.69) is 10.3 Å². The van der Waals surface area contributed by atoms with Gasteiger partial charge < -0.3 is 14.6 Å². The summed E-state index contributed by atoms with van der Waals surface area (Å²) in [6.45, 7) is 1.53. The van der Waals surface area contributed by atoms with Crippen LogP contribution in [0.2, 0.25) is 0 Å². The summed E-state index contributed by atoms with van der Waals surface area (Å²) in [5.74, 6) is 0.683. The molecule has 1 fully saturated rings. The van der Waals surface area contributed by atoms with Gasteiger partial charge in [-0.1, -0.05) is 18.2 Å². The van der Waals surface area contributed by atoms with E-state index in [9.17, 15) is 8.42 Å². The second-order valence-electron chi connectivity index (χ2n) is 5.46. The molecule has 8 heteroatoms. The summed E-state index contributed by atoms with van der Waals surface area (Å²) in [5.41, 5.74) is 0.849. The highest BCUT2D eigenvalue weighted by molar-refractivity contribution is 7.89. The standard InChI is InChI=1S/C15H20N4O3S/c1-18-10-15(17-11-18)23(20,21)19-8-7-16-9-13(19)12-5-3-4-6-14(12)22-2/h3-6,10-11,13,16H,7-9H2,1-2H3. The van der Waals surface area contributed by atoms with E-state index >= 15 is 0 Å². The zero-order valence-electron chi connectivity index (χ0n) is 13.1. The lowest BCUT2D eigenvalue weighted by Gasteiger charge is -2.35. The molecule has 3 rings (SSSR count). The molecule has 1 aliphatic heterocycles. The molecule has 0 amide bonds. The second-order valence-corrected chi connectivity index (χ2v) is 7.29. The van der Waals surface area contributed by atoms with Crippen LogP contribution in [0.4, 0.5) is 0 Å². The highest BCUT2D eigenvalue weighted by Crippen LogP contribution is 2.33. The Morgan fingerprint density at radius 3 is 2.83 bits per heavy atom. The molecule has 124 valence electrons. The normalized spacial score (nSPS) is 19.7. The molecule has 2 heterocycles. The van der Waals surface area contributed by atoms with Gasteiger partial charge in [0, 0.05) is 38.4 Å². The van der Waals surface area contributed by atoms with Gasteiger partial charge in [-0.15, -0.1) is 0 Å². The second kappa shape index (κ2) is 6.31. The Balaban J connectivity index is 2.02. The van der Waals surface area contributed by atoms with Gasteiger partial charge in [-0.25, -0.2) is 13.4 Å². The van der Waals surface area contributed by atoms with Crippen molar-refractivity contribution in [3.63, 3.8) is 0 Å². The van der Waals surface area contributed by atoms with E-state index in [1.165, 1.54) is 16.8 Å². The number of nitrogens with zero attached hydrogens (tertiary/aromatic N) is 3. The van der Waals surface area contributed by atoms with E-state index in [0.29, 0.717) is 25.4 Å². The van der Waals surface area contributed by atoms with Gasteiger partial charge in [0.05, 0.1) is 19.5 Å². The summed E-state index contributed by atoms with van der Waals surface area (Å²) in [7, 11) is -0.316. The number of rotatable bonds is 4. The number of para-hydroxylation sites is 1. The summed E-state index contributed by atoms with van der Waals surface area (Å²) in [6.07, 6.45) is 3.02. The minimum absolute atomic E-state index is 0.0711. The first kappa shape index (κ1) is 16.0. The van der Waals surface area contributed by atoms with Gasteiger partial charge in [0.25, 0.3) is 10.0 Å². The van der Waals surface area contributed by atoms with Gasteiger partial charge >= 0.3 is 0 Å². The predicted octanol–water partition coefficient (Wildman–Crippen LogP) is 0.764. The molecule has 23 heavy (non-hydrogen) atoms. The number of hydrogen-bond donors (Lipinski definition) is 1. The van der Waals surface area contributed by atoms with Gasteiger partial charge in [-0.2, -0.15) is 4.31 Å². The number of methoxy groups -OCH3 is 1. The van der Waals surface area contributed by atoms with Crippen molar-refractivity contribution in [2.45, 2.75) is 11.1 Å². The van der Waals surface area contributed by atoms with Gasteiger partial charge in [0.2, 0.25) is 0 Å². The van der Waals surface area contributed by atoms with E-state index in [1.807, 2.05) is 24.3 Å². The van der Waals surface area contributed by atoms with Crippen LogP contribution in [0.25, 0.3) is 0 Å². The van der Waals surface area contributed by atoms with Crippen LogP contribution in [0.1, 0.15) is 11.6 Å². The number of imidazole rings is 1. The molecule has 0 saturated carbocycles. The number of benzene rings is 1. The molecule has 0 aliphatic carbocycles. The van der Waals surface area contributed by atoms with E-state index in [0.717, 1.165) is 5.56 Å². The van der Waals surface area contributed by atoms with E-state index in [-0.39, 0.29) is 11.1 Å². The largest absolute Gasteiger partial charge is 0.496 e. The number of ether oxygens (including phenoxy) is 1. The quantitative estimate of drug-likeness (QED) is 0.892. The third-order valence-corrected chi connectivity index (χ3v) is 5.74. The minimum Gasteiger partial charge on any atom is -0.496 e. The lowest BCUT2D eigenvalue weighted by molar-refractivity contribution is 0.264. The fourth-order valence-electron chi connectivity index (χ4n) is 2.82. The Bertz CT molecular complexity index is 788. The minimum atomic E-state index is -3.66.